The summed E-state index contributed by atoms with van der Waals surface area (Å²) in [6.45, 7) is 2.62. The zero-order valence-electron chi connectivity index (χ0n) is 11.5. The summed E-state index contributed by atoms with van der Waals surface area (Å²) in [5.74, 6) is 0.522. The second-order valence-corrected chi connectivity index (χ2v) is 4.99. The molecule has 2 aromatic rings. The first-order valence-corrected chi connectivity index (χ1v) is 6.80. The van der Waals surface area contributed by atoms with Crippen LogP contribution in [0.25, 0.3) is 0 Å². The minimum Gasteiger partial charge on any atom is -0.496 e. The molecule has 0 bridgehead atoms. The number of nitrogens with one attached hydrogen (secondary N) is 1. The van der Waals surface area contributed by atoms with Gasteiger partial charge in [0.25, 0.3) is 0 Å². The van der Waals surface area contributed by atoms with Gasteiger partial charge in [-0.05, 0) is 30.7 Å². The molecule has 0 saturated carbocycles. The van der Waals surface area contributed by atoms with Gasteiger partial charge in [-0.3, -0.25) is 0 Å². The van der Waals surface area contributed by atoms with Crippen LogP contribution in [0.3, 0.4) is 0 Å². The van der Waals surface area contributed by atoms with Gasteiger partial charge in [0.1, 0.15) is 11.6 Å². The van der Waals surface area contributed by atoms with Crippen LogP contribution in [-0.4, -0.2) is 7.11 Å². The third-order valence-corrected chi connectivity index (χ3v) is 3.57. The van der Waals surface area contributed by atoms with Crippen LogP contribution in [0, 0.1) is 5.82 Å². The Morgan fingerprint density at radius 2 is 2.00 bits per heavy atom. The molecule has 4 heteroatoms. The summed E-state index contributed by atoms with van der Waals surface area (Å²) in [4.78, 5) is 0. The van der Waals surface area contributed by atoms with Crippen molar-refractivity contribution in [3.05, 3.63) is 64.4 Å². The minimum absolute atomic E-state index is 0.104. The van der Waals surface area contributed by atoms with Gasteiger partial charge in [-0.2, -0.15) is 0 Å². The maximum absolute atomic E-state index is 13.0. The molecule has 20 heavy (non-hydrogen) atoms. The van der Waals surface area contributed by atoms with Gasteiger partial charge >= 0.3 is 0 Å². The van der Waals surface area contributed by atoms with Gasteiger partial charge in [0, 0.05) is 23.2 Å². The molecule has 0 aromatic heterocycles. The van der Waals surface area contributed by atoms with Crippen molar-refractivity contribution < 1.29 is 9.13 Å². The molecule has 1 N–H and O–H groups in total. The molecule has 0 spiro atoms. The Hall–Kier alpha value is -1.58. The maximum atomic E-state index is 13.0. The van der Waals surface area contributed by atoms with Crippen molar-refractivity contribution in [3.8, 4) is 5.75 Å². The van der Waals surface area contributed by atoms with Crippen LogP contribution in [0.1, 0.15) is 24.1 Å². The minimum atomic E-state index is -0.323. The van der Waals surface area contributed by atoms with E-state index in [4.69, 9.17) is 16.3 Å². The molecule has 0 radical (unpaired) electrons. The van der Waals surface area contributed by atoms with Crippen molar-refractivity contribution in [2.75, 3.05) is 7.11 Å². The van der Waals surface area contributed by atoms with E-state index in [1.807, 2.05) is 24.3 Å². The first-order valence-electron chi connectivity index (χ1n) is 6.42. The Morgan fingerprint density at radius 3 is 2.70 bits per heavy atom. The highest BCUT2D eigenvalue weighted by atomic mass is 35.5. The van der Waals surface area contributed by atoms with E-state index in [1.54, 1.807) is 13.2 Å². The zero-order valence-corrected chi connectivity index (χ0v) is 12.2. The average molecular weight is 294 g/mol. The lowest BCUT2D eigenvalue weighted by molar-refractivity contribution is 0.401. The van der Waals surface area contributed by atoms with E-state index < -0.39 is 0 Å². The first kappa shape index (κ1) is 14.8. The molecule has 106 valence electrons. The summed E-state index contributed by atoms with van der Waals surface area (Å²) >= 11 is 6.01. The van der Waals surface area contributed by atoms with E-state index in [-0.39, 0.29) is 11.9 Å². The number of hydrogen-bond donors (Lipinski definition) is 1. The molecule has 2 nitrogen and oxygen atoms in total. The van der Waals surface area contributed by atoms with Crippen molar-refractivity contribution in [2.24, 2.45) is 0 Å². The number of ether oxygens (including phenoxy) is 1. The fraction of sp³-hybridized carbons (Fsp3) is 0.250. The van der Waals surface area contributed by atoms with Gasteiger partial charge in [-0.25, -0.2) is 4.39 Å². The molecular formula is C16H17ClFNO. The normalized spacial score (nSPS) is 12.2. The Bertz CT molecular complexity index is 588. The van der Waals surface area contributed by atoms with Crippen molar-refractivity contribution in [2.45, 2.75) is 19.5 Å². The Balaban J connectivity index is 2.06. The molecule has 2 aromatic carbocycles. The monoisotopic (exact) mass is 293 g/mol. The summed E-state index contributed by atoms with van der Waals surface area (Å²) in [6.07, 6.45) is 0. The molecule has 0 heterocycles. The van der Waals surface area contributed by atoms with Crippen LogP contribution in [0.2, 0.25) is 5.02 Å². The molecule has 0 aliphatic heterocycles. The average Bonchev–Trinajstić information content (AvgIpc) is 2.46. The molecule has 0 amide bonds. The topological polar surface area (TPSA) is 21.3 Å². The van der Waals surface area contributed by atoms with Crippen molar-refractivity contribution >= 4 is 11.6 Å². The lowest BCUT2D eigenvalue weighted by atomic mass is 10.1. The van der Waals surface area contributed by atoms with E-state index in [1.165, 1.54) is 12.1 Å². The van der Waals surface area contributed by atoms with Crippen molar-refractivity contribution in [3.63, 3.8) is 0 Å². The molecule has 0 fully saturated rings. The number of hydrogen-bond acceptors (Lipinski definition) is 2. The number of halogens is 2. The standard InChI is InChI=1S/C16H17ClFNO/c1-11(14-5-3-4-6-16(14)20-2)19-10-12-7-8-13(18)9-15(12)17/h3-9,11,19H,10H2,1-2H3. The van der Waals surface area contributed by atoms with Crippen LogP contribution in [0.4, 0.5) is 4.39 Å². The quantitative estimate of drug-likeness (QED) is 0.885. The van der Waals surface area contributed by atoms with Gasteiger partial charge in [0.2, 0.25) is 0 Å². The van der Waals surface area contributed by atoms with Gasteiger partial charge in [0.15, 0.2) is 0 Å². The van der Waals surface area contributed by atoms with Crippen LogP contribution in [0.5, 0.6) is 5.75 Å². The molecule has 0 aliphatic rings. The number of rotatable bonds is 5. The fourth-order valence-electron chi connectivity index (χ4n) is 2.06. The van der Waals surface area contributed by atoms with Gasteiger partial charge in [-0.1, -0.05) is 35.9 Å². The van der Waals surface area contributed by atoms with E-state index in [2.05, 4.69) is 12.2 Å². The van der Waals surface area contributed by atoms with Gasteiger partial charge in [-0.15, -0.1) is 0 Å². The smallest absolute Gasteiger partial charge is 0.124 e. The zero-order chi connectivity index (χ0) is 14.5. The highest BCUT2D eigenvalue weighted by Gasteiger charge is 2.11. The Kier molecular flexibility index (Phi) is 4.99. The second-order valence-electron chi connectivity index (χ2n) is 4.58. The summed E-state index contributed by atoms with van der Waals surface area (Å²) < 4.78 is 18.3. The van der Waals surface area contributed by atoms with Gasteiger partial charge in [0.05, 0.1) is 7.11 Å². The molecule has 1 atom stereocenters. The third-order valence-electron chi connectivity index (χ3n) is 3.22. The number of methoxy groups -OCH3 is 1. The predicted molar refractivity (Wildman–Crippen MR) is 79.7 cm³/mol. The second kappa shape index (κ2) is 6.73. The Labute approximate surface area is 123 Å². The lowest BCUT2D eigenvalue weighted by Gasteiger charge is -2.17. The first-order chi connectivity index (χ1) is 9.61. The van der Waals surface area contributed by atoms with Crippen LogP contribution < -0.4 is 10.1 Å². The molecular weight excluding hydrogens is 277 g/mol. The highest BCUT2D eigenvalue weighted by molar-refractivity contribution is 6.31. The van der Waals surface area contributed by atoms with Crippen LogP contribution in [0.15, 0.2) is 42.5 Å². The van der Waals surface area contributed by atoms with E-state index in [9.17, 15) is 4.39 Å². The summed E-state index contributed by atoms with van der Waals surface area (Å²) in [5.41, 5.74) is 1.95. The lowest BCUT2D eigenvalue weighted by Crippen LogP contribution is -2.19. The third kappa shape index (κ3) is 3.50. The molecule has 0 aliphatic carbocycles. The Morgan fingerprint density at radius 1 is 1.25 bits per heavy atom. The van der Waals surface area contributed by atoms with E-state index >= 15 is 0 Å². The molecule has 2 rings (SSSR count). The van der Waals surface area contributed by atoms with Crippen LogP contribution >= 0.6 is 11.6 Å². The highest BCUT2D eigenvalue weighted by Crippen LogP contribution is 2.25. The molecule has 0 saturated heterocycles. The van der Waals surface area contributed by atoms with Crippen LogP contribution in [-0.2, 0) is 6.54 Å². The van der Waals surface area contributed by atoms with E-state index in [0.29, 0.717) is 11.6 Å². The number of benzene rings is 2. The van der Waals surface area contributed by atoms with Gasteiger partial charge < -0.3 is 10.1 Å². The molecule has 1 unspecified atom stereocenters. The SMILES string of the molecule is COc1ccccc1C(C)NCc1ccc(F)cc1Cl. The summed E-state index contributed by atoms with van der Waals surface area (Å²) in [7, 11) is 1.66. The largest absolute Gasteiger partial charge is 0.496 e. The summed E-state index contributed by atoms with van der Waals surface area (Å²) in [6, 6.07) is 12.4. The van der Waals surface area contributed by atoms with E-state index in [0.717, 1.165) is 16.9 Å². The maximum Gasteiger partial charge on any atom is 0.124 e. The summed E-state index contributed by atoms with van der Waals surface area (Å²) in [5, 5.41) is 3.80. The van der Waals surface area contributed by atoms with Crippen molar-refractivity contribution in [1.82, 2.24) is 5.32 Å². The number of para-hydroxylation sites is 1. The fourth-order valence-corrected chi connectivity index (χ4v) is 2.30. The van der Waals surface area contributed by atoms with Crippen molar-refractivity contribution in [1.29, 1.82) is 0 Å². The predicted octanol–water partition coefficient (Wildman–Crippen LogP) is 4.34.